The Labute approximate surface area is 106 Å². The molecule has 0 saturated heterocycles. The van der Waals surface area contributed by atoms with E-state index in [0.29, 0.717) is 5.56 Å². The van der Waals surface area contributed by atoms with Gasteiger partial charge in [-0.15, -0.1) is 5.06 Å². The number of benzene rings is 1. The smallest absolute Gasteiger partial charge is 0.313 e. The Morgan fingerprint density at radius 2 is 1.67 bits per heavy atom. The maximum Gasteiger partial charge on any atom is 0.313 e. The zero-order valence-electron chi connectivity index (χ0n) is 10.9. The van der Waals surface area contributed by atoms with Gasteiger partial charge >= 0.3 is 5.84 Å². The second-order valence-corrected chi connectivity index (χ2v) is 5.55. The first-order valence-corrected chi connectivity index (χ1v) is 5.79. The van der Waals surface area contributed by atoms with Crippen LogP contribution in [0, 0.1) is 11.0 Å². The minimum absolute atomic E-state index is 0.144. The van der Waals surface area contributed by atoms with Gasteiger partial charge in [-0.1, -0.05) is 0 Å². The van der Waals surface area contributed by atoms with E-state index in [2.05, 4.69) is 0 Å². The summed E-state index contributed by atoms with van der Waals surface area (Å²) in [7, 11) is 0. The molecule has 0 fully saturated rings. The highest BCUT2D eigenvalue weighted by molar-refractivity contribution is 5.95. The molecule has 1 aliphatic rings. The monoisotopic (exact) mass is 252 g/mol. The lowest BCUT2D eigenvalue weighted by atomic mass is 9.84. The van der Waals surface area contributed by atoms with Crippen molar-refractivity contribution < 1.29 is 14.3 Å². The quantitative estimate of drug-likeness (QED) is 0.616. The molecule has 98 valence electrons. The number of rotatable bonds is 1. The van der Waals surface area contributed by atoms with Gasteiger partial charge in [0.1, 0.15) is 11.4 Å². The Kier molecular flexibility index (Phi) is 2.63. The number of hydroxylamine groups is 3. The summed E-state index contributed by atoms with van der Waals surface area (Å²) in [5, 5.41) is 23.5. The average molecular weight is 252 g/mol. The molecule has 0 unspecified atom stereocenters. The van der Waals surface area contributed by atoms with Crippen LogP contribution in [0.1, 0.15) is 33.3 Å². The predicted molar refractivity (Wildman–Crippen MR) is 65.9 cm³/mol. The molecule has 1 heterocycles. The van der Waals surface area contributed by atoms with Crippen molar-refractivity contribution >= 4 is 5.84 Å². The first-order valence-electron chi connectivity index (χ1n) is 5.79. The van der Waals surface area contributed by atoms with Crippen molar-refractivity contribution in [2.24, 2.45) is 0 Å². The van der Waals surface area contributed by atoms with E-state index in [1.54, 1.807) is 27.7 Å². The van der Waals surface area contributed by atoms with Gasteiger partial charge in [-0.25, -0.2) is 9.60 Å². The molecule has 2 rings (SSSR count). The molecule has 1 aromatic rings. The van der Waals surface area contributed by atoms with Crippen LogP contribution in [0.15, 0.2) is 24.3 Å². The summed E-state index contributed by atoms with van der Waals surface area (Å²) >= 11 is 0. The van der Waals surface area contributed by atoms with Gasteiger partial charge in [0.15, 0.2) is 5.54 Å². The van der Waals surface area contributed by atoms with Crippen LogP contribution in [-0.4, -0.2) is 31.9 Å². The zero-order chi connectivity index (χ0) is 13.7. The van der Waals surface area contributed by atoms with E-state index in [9.17, 15) is 14.8 Å². The van der Waals surface area contributed by atoms with Crippen LogP contribution >= 0.6 is 0 Å². The molecule has 5 heteroatoms. The van der Waals surface area contributed by atoms with Crippen LogP contribution in [0.5, 0.6) is 0 Å². The van der Waals surface area contributed by atoms with Crippen molar-refractivity contribution in [3.8, 4) is 0 Å². The van der Waals surface area contributed by atoms with Gasteiger partial charge in [-0.05, 0) is 52.0 Å². The van der Waals surface area contributed by atoms with Crippen molar-refractivity contribution in [3.63, 3.8) is 0 Å². The molecule has 0 bridgehead atoms. The van der Waals surface area contributed by atoms with Crippen molar-refractivity contribution in [1.29, 1.82) is 0 Å². The molecule has 0 atom stereocenters. The Morgan fingerprint density at radius 1 is 1.17 bits per heavy atom. The van der Waals surface area contributed by atoms with Crippen LogP contribution < -0.4 is 0 Å². The van der Waals surface area contributed by atoms with E-state index >= 15 is 0 Å². The second kappa shape index (κ2) is 3.68. The summed E-state index contributed by atoms with van der Waals surface area (Å²) in [6.45, 7) is 7.10. The van der Waals surface area contributed by atoms with Gasteiger partial charge in [0.2, 0.25) is 0 Å². The fraction of sp³-hybridized carbons (Fsp3) is 0.462. The maximum absolute atomic E-state index is 12.9. The predicted octanol–water partition coefficient (Wildman–Crippen LogP) is 2.34. The molecule has 0 aliphatic carbocycles. The third-order valence-electron chi connectivity index (χ3n) is 4.03. The highest BCUT2D eigenvalue weighted by Gasteiger charge is 2.58. The normalized spacial score (nSPS) is 21.6. The Balaban J connectivity index is 2.57. The number of hydrogen-bond acceptors (Lipinski definition) is 3. The molecular weight excluding hydrogens is 235 g/mol. The summed E-state index contributed by atoms with van der Waals surface area (Å²) in [5.74, 6) is -0.234. The first-order chi connectivity index (χ1) is 8.19. The largest absolute Gasteiger partial charge is 0.714 e. The number of nitrogens with zero attached hydrogens (tertiary/aromatic N) is 2. The lowest BCUT2D eigenvalue weighted by molar-refractivity contribution is -0.539. The maximum atomic E-state index is 12.9. The molecule has 18 heavy (non-hydrogen) atoms. The van der Waals surface area contributed by atoms with Gasteiger partial charge in [0.05, 0.1) is 5.56 Å². The molecule has 0 amide bonds. The summed E-state index contributed by atoms with van der Waals surface area (Å²) in [5.41, 5.74) is -1.03. The second-order valence-electron chi connectivity index (χ2n) is 5.55. The van der Waals surface area contributed by atoms with Crippen molar-refractivity contribution in [2.45, 2.75) is 38.8 Å². The van der Waals surface area contributed by atoms with Crippen molar-refractivity contribution in [1.82, 2.24) is 5.06 Å². The van der Waals surface area contributed by atoms with E-state index < -0.39 is 11.1 Å². The van der Waals surface area contributed by atoms with E-state index in [4.69, 9.17) is 0 Å². The van der Waals surface area contributed by atoms with E-state index in [0.717, 1.165) is 9.80 Å². The Bertz CT molecular complexity index is 506. The van der Waals surface area contributed by atoms with Gasteiger partial charge < -0.3 is 5.21 Å². The fourth-order valence-electron chi connectivity index (χ4n) is 1.96. The fourth-order valence-corrected chi connectivity index (χ4v) is 1.96. The van der Waals surface area contributed by atoms with Crippen molar-refractivity contribution in [3.05, 3.63) is 40.9 Å². The lowest BCUT2D eigenvalue weighted by Crippen LogP contribution is -2.53. The number of hydrogen-bond donors (Lipinski definition) is 1. The molecule has 0 radical (unpaired) electrons. The Hall–Kier alpha value is -1.62. The van der Waals surface area contributed by atoms with Crippen LogP contribution in [0.3, 0.4) is 0 Å². The average Bonchev–Trinajstić information content (AvgIpc) is 2.41. The van der Waals surface area contributed by atoms with Gasteiger partial charge in [-0.2, -0.15) is 0 Å². The first kappa shape index (κ1) is 12.8. The molecule has 0 spiro atoms. The van der Waals surface area contributed by atoms with E-state index in [1.807, 2.05) is 0 Å². The lowest BCUT2D eigenvalue weighted by Gasteiger charge is -2.33. The van der Waals surface area contributed by atoms with Gasteiger partial charge in [-0.3, -0.25) is 4.74 Å². The zero-order valence-corrected chi connectivity index (χ0v) is 10.9. The van der Waals surface area contributed by atoms with E-state index in [-0.39, 0.29) is 11.7 Å². The summed E-state index contributed by atoms with van der Waals surface area (Å²) in [4.78, 5) is 0. The minimum Gasteiger partial charge on any atom is -0.714 e. The molecule has 0 aromatic heterocycles. The van der Waals surface area contributed by atoms with Crippen LogP contribution in [0.2, 0.25) is 0 Å². The SMILES string of the molecule is CC1(C)N(O)C(c2ccc(F)cc2)=[N+]([O-])C1(C)C. The molecule has 0 saturated carbocycles. The summed E-state index contributed by atoms with van der Waals surface area (Å²) < 4.78 is 13.7. The molecule has 1 aliphatic heterocycles. The molecule has 4 nitrogen and oxygen atoms in total. The third kappa shape index (κ3) is 1.50. The van der Waals surface area contributed by atoms with Gasteiger partial charge in [0, 0.05) is 0 Å². The van der Waals surface area contributed by atoms with Gasteiger partial charge in [0.25, 0.3) is 0 Å². The standard InChI is InChI=1S/C13H17FN2O2/c1-12(2)13(3,4)16(18)11(15(12)17)9-5-7-10(14)8-6-9/h5-8,17H,1-4H3. The molecular formula is C13H17FN2O2. The third-order valence-corrected chi connectivity index (χ3v) is 4.03. The van der Waals surface area contributed by atoms with Crippen LogP contribution in [-0.2, 0) is 0 Å². The highest BCUT2D eigenvalue weighted by atomic mass is 19.1. The Morgan fingerprint density at radius 3 is 2.06 bits per heavy atom. The highest BCUT2D eigenvalue weighted by Crippen LogP contribution is 2.36. The minimum atomic E-state index is -0.786. The molecule has 1 aromatic carbocycles. The number of amidine groups is 1. The summed E-state index contributed by atoms with van der Waals surface area (Å²) in [6.07, 6.45) is 0. The topological polar surface area (TPSA) is 49.5 Å². The van der Waals surface area contributed by atoms with E-state index in [1.165, 1.54) is 24.3 Å². The van der Waals surface area contributed by atoms with Crippen LogP contribution in [0.4, 0.5) is 4.39 Å². The number of halogens is 1. The van der Waals surface area contributed by atoms with Crippen LogP contribution in [0.25, 0.3) is 0 Å². The molecule has 1 N–H and O–H groups in total. The summed E-state index contributed by atoms with van der Waals surface area (Å²) in [6, 6.07) is 5.50. The van der Waals surface area contributed by atoms with Crippen molar-refractivity contribution in [2.75, 3.05) is 0 Å².